The fourth-order valence-electron chi connectivity index (χ4n) is 2.50. The summed E-state index contributed by atoms with van der Waals surface area (Å²) in [4.78, 5) is 14.5. The predicted molar refractivity (Wildman–Crippen MR) is 92.0 cm³/mol. The number of piperidine rings is 1. The second kappa shape index (κ2) is 6.91. The minimum atomic E-state index is -2.39. The van der Waals surface area contributed by atoms with Crippen LogP contribution in [0.3, 0.4) is 0 Å². The number of amides is 1. The number of likely N-dealkylation sites (tertiary alicyclic amines) is 1. The minimum Gasteiger partial charge on any atom is -0.444 e. The van der Waals surface area contributed by atoms with Crippen molar-refractivity contribution >= 4 is 15.8 Å². The lowest BCUT2D eigenvalue weighted by Gasteiger charge is -2.32. The molecular formula is C17H26N2O3S. The molecule has 1 heterocycles. The van der Waals surface area contributed by atoms with Crippen LogP contribution in [0.1, 0.15) is 33.6 Å². The highest BCUT2D eigenvalue weighted by molar-refractivity contribution is 7.93. The lowest BCUT2D eigenvalue weighted by Crippen LogP contribution is -2.42. The van der Waals surface area contributed by atoms with Gasteiger partial charge in [-0.3, -0.25) is 0 Å². The Morgan fingerprint density at radius 1 is 1.22 bits per heavy atom. The van der Waals surface area contributed by atoms with E-state index < -0.39 is 15.3 Å². The van der Waals surface area contributed by atoms with E-state index in [1.165, 1.54) is 0 Å². The van der Waals surface area contributed by atoms with E-state index >= 15 is 0 Å². The minimum absolute atomic E-state index is 0.0198. The van der Waals surface area contributed by atoms with E-state index in [1.54, 1.807) is 11.2 Å². The first-order valence-electron chi connectivity index (χ1n) is 7.92. The van der Waals surface area contributed by atoms with Gasteiger partial charge in [0.25, 0.3) is 0 Å². The third-order valence-electron chi connectivity index (χ3n) is 3.65. The second-order valence-corrected chi connectivity index (χ2v) is 9.21. The average molecular weight is 338 g/mol. The van der Waals surface area contributed by atoms with Gasteiger partial charge in [0.05, 0.1) is 15.8 Å². The molecular weight excluding hydrogens is 312 g/mol. The molecule has 1 aromatic carbocycles. The summed E-state index contributed by atoms with van der Waals surface area (Å²) in [5.41, 5.74) is -0.483. The van der Waals surface area contributed by atoms with Crippen molar-refractivity contribution < 1.29 is 13.7 Å². The molecule has 0 radical (unpaired) electrons. The third-order valence-corrected chi connectivity index (χ3v) is 5.49. The van der Waals surface area contributed by atoms with Crippen LogP contribution >= 0.6 is 0 Å². The standard InChI is InChI=1S/C17H26N2O3S/c1-17(2,3)22-16(20)19-12-10-14(11-13-19)18-23(4,21)15-8-6-5-7-9-15/h5-9,14H,10-13H2,1-4H3/t23-/m0/s1. The van der Waals surface area contributed by atoms with Crippen LogP contribution in [0.25, 0.3) is 0 Å². The van der Waals surface area contributed by atoms with Crippen molar-refractivity contribution in [2.24, 2.45) is 4.36 Å². The lowest BCUT2D eigenvalue weighted by molar-refractivity contribution is 0.0207. The van der Waals surface area contributed by atoms with E-state index in [9.17, 15) is 9.00 Å². The molecule has 128 valence electrons. The largest absolute Gasteiger partial charge is 0.444 e. The molecule has 2 rings (SSSR count). The van der Waals surface area contributed by atoms with Crippen molar-refractivity contribution in [2.75, 3.05) is 19.3 Å². The van der Waals surface area contributed by atoms with Crippen LogP contribution in [-0.2, 0) is 14.5 Å². The number of benzene rings is 1. The topological polar surface area (TPSA) is 59.0 Å². The Morgan fingerprint density at radius 2 is 1.78 bits per heavy atom. The Bertz CT molecular complexity index is 650. The first-order chi connectivity index (χ1) is 10.7. The van der Waals surface area contributed by atoms with Gasteiger partial charge in [-0.2, -0.15) is 0 Å². The van der Waals surface area contributed by atoms with Crippen molar-refractivity contribution in [2.45, 2.75) is 50.2 Å². The quantitative estimate of drug-likeness (QED) is 0.828. The molecule has 0 spiro atoms. The van der Waals surface area contributed by atoms with Gasteiger partial charge >= 0.3 is 6.09 Å². The van der Waals surface area contributed by atoms with Crippen molar-refractivity contribution in [1.82, 2.24) is 4.90 Å². The van der Waals surface area contributed by atoms with Gasteiger partial charge in [-0.25, -0.2) is 13.4 Å². The van der Waals surface area contributed by atoms with Crippen molar-refractivity contribution in [3.05, 3.63) is 30.3 Å². The Labute approximate surface area is 139 Å². The Balaban J connectivity index is 1.98. The number of rotatable bonds is 2. The first-order valence-corrected chi connectivity index (χ1v) is 9.84. The number of ether oxygens (including phenoxy) is 1. The molecule has 1 saturated heterocycles. The molecule has 6 heteroatoms. The monoisotopic (exact) mass is 338 g/mol. The highest BCUT2D eigenvalue weighted by atomic mass is 32.2. The molecule has 0 aliphatic carbocycles. The highest BCUT2D eigenvalue weighted by Gasteiger charge is 2.27. The van der Waals surface area contributed by atoms with Crippen LogP contribution in [0.4, 0.5) is 4.79 Å². The summed E-state index contributed by atoms with van der Waals surface area (Å²) in [5.74, 6) is 0. The van der Waals surface area contributed by atoms with Gasteiger partial charge in [0.1, 0.15) is 5.60 Å². The van der Waals surface area contributed by atoms with Crippen molar-refractivity contribution in [3.63, 3.8) is 0 Å². The van der Waals surface area contributed by atoms with E-state index in [0.717, 1.165) is 17.7 Å². The number of carbonyl (C=O) groups is 1. The van der Waals surface area contributed by atoms with Gasteiger partial charge in [-0.05, 0) is 45.7 Å². The molecule has 23 heavy (non-hydrogen) atoms. The maximum Gasteiger partial charge on any atom is 0.410 e. The van der Waals surface area contributed by atoms with E-state index in [2.05, 4.69) is 4.36 Å². The van der Waals surface area contributed by atoms with Crippen LogP contribution in [0, 0.1) is 0 Å². The van der Waals surface area contributed by atoms with Crippen molar-refractivity contribution in [1.29, 1.82) is 0 Å². The van der Waals surface area contributed by atoms with Gasteiger partial charge < -0.3 is 9.64 Å². The SMILES string of the molecule is CC(C)(C)OC(=O)N1CCC(N=[S@@](C)(=O)c2ccccc2)CC1. The van der Waals surface area contributed by atoms with Gasteiger partial charge in [0, 0.05) is 24.2 Å². The summed E-state index contributed by atoms with van der Waals surface area (Å²) in [7, 11) is -2.39. The van der Waals surface area contributed by atoms with E-state index in [1.807, 2.05) is 51.1 Å². The molecule has 1 aliphatic heterocycles. The summed E-state index contributed by atoms with van der Waals surface area (Å²) < 4.78 is 22.7. The zero-order chi connectivity index (χ0) is 17.1. The van der Waals surface area contributed by atoms with Crippen LogP contribution in [0.2, 0.25) is 0 Å². The first kappa shape index (κ1) is 17.8. The maximum absolute atomic E-state index is 12.8. The van der Waals surface area contributed by atoms with Crippen LogP contribution in [0.5, 0.6) is 0 Å². The molecule has 0 N–H and O–H groups in total. The highest BCUT2D eigenvalue weighted by Crippen LogP contribution is 2.20. The molecule has 1 atom stereocenters. The summed E-state index contributed by atoms with van der Waals surface area (Å²) in [6.07, 6.45) is 2.84. The molecule has 1 aliphatic rings. The smallest absolute Gasteiger partial charge is 0.410 e. The molecule has 0 saturated carbocycles. The van der Waals surface area contributed by atoms with Gasteiger partial charge in [-0.1, -0.05) is 18.2 Å². The Morgan fingerprint density at radius 3 is 2.30 bits per heavy atom. The maximum atomic E-state index is 12.8. The molecule has 5 nitrogen and oxygen atoms in total. The van der Waals surface area contributed by atoms with Crippen molar-refractivity contribution in [3.8, 4) is 0 Å². The summed E-state index contributed by atoms with van der Waals surface area (Å²) >= 11 is 0. The summed E-state index contributed by atoms with van der Waals surface area (Å²) in [6, 6.07) is 9.37. The molecule has 1 amide bonds. The third kappa shape index (κ3) is 5.23. The molecule has 0 unspecified atom stereocenters. The van der Waals surface area contributed by atoms with Crippen LogP contribution in [-0.4, -0.2) is 46.2 Å². The summed E-state index contributed by atoms with van der Waals surface area (Å²) in [6.45, 7) is 6.76. The van der Waals surface area contributed by atoms with Crippen LogP contribution in [0.15, 0.2) is 39.6 Å². The Kier molecular flexibility index (Phi) is 5.34. The van der Waals surface area contributed by atoms with E-state index in [-0.39, 0.29) is 12.1 Å². The Hall–Kier alpha value is -1.56. The zero-order valence-corrected chi connectivity index (χ0v) is 15.1. The summed E-state index contributed by atoms with van der Waals surface area (Å²) in [5, 5.41) is 0. The fourth-order valence-corrected chi connectivity index (χ4v) is 4.06. The molecule has 0 bridgehead atoms. The molecule has 1 aromatic rings. The van der Waals surface area contributed by atoms with E-state index in [0.29, 0.717) is 13.1 Å². The van der Waals surface area contributed by atoms with E-state index in [4.69, 9.17) is 4.74 Å². The number of hydrogen-bond acceptors (Lipinski definition) is 4. The number of nitrogens with zero attached hydrogens (tertiary/aromatic N) is 2. The number of carbonyl (C=O) groups excluding carboxylic acids is 1. The average Bonchev–Trinajstić information content (AvgIpc) is 2.47. The normalized spacial score (nSPS) is 19.0. The van der Waals surface area contributed by atoms with Crippen LogP contribution < -0.4 is 0 Å². The van der Waals surface area contributed by atoms with Gasteiger partial charge in [0.2, 0.25) is 0 Å². The molecule has 1 fully saturated rings. The molecule has 0 aromatic heterocycles. The zero-order valence-electron chi connectivity index (χ0n) is 14.3. The number of hydrogen-bond donors (Lipinski definition) is 0. The predicted octanol–water partition coefficient (Wildman–Crippen LogP) is 3.54. The fraction of sp³-hybridized carbons (Fsp3) is 0.588. The van der Waals surface area contributed by atoms with Gasteiger partial charge in [0.15, 0.2) is 0 Å². The second-order valence-electron chi connectivity index (χ2n) is 6.92. The van der Waals surface area contributed by atoms with Gasteiger partial charge in [-0.15, -0.1) is 0 Å². The lowest BCUT2D eigenvalue weighted by atomic mass is 10.1.